The van der Waals surface area contributed by atoms with Gasteiger partial charge in [0.15, 0.2) is 0 Å². The lowest BCUT2D eigenvalue weighted by Crippen LogP contribution is -2.38. The van der Waals surface area contributed by atoms with Crippen LogP contribution in [0, 0.1) is 5.92 Å². The summed E-state index contributed by atoms with van der Waals surface area (Å²) in [6, 6.07) is 11.8. The van der Waals surface area contributed by atoms with Crippen LogP contribution in [0.1, 0.15) is 12.8 Å². The van der Waals surface area contributed by atoms with Gasteiger partial charge < -0.3 is 9.47 Å². The van der Waals surface area contributed by atoms with Crippen LogP contribution in [0.5, 0.6) is 11.6 Å². The van der Waals surface area contributed by atoms with E-state index < -0.39 is 11.2 Å². The third-order valence-electron chi connectivity index (χ3n) is 5.56. The summed E-state index contributed by atoms with van der Waals surface area (Å²) in [5.74, 6) is 1.38. The van der Waals surface area contributed by atoms with Crippen LogP contribution in [0.25, 0.3) is 22.5 Å². The Morgan fingerprint density at radius 2 is 1.88 bits per heavy atom. The third kappa shape index (κ3) is 4.32. The van der Waals surface area contributed by atoms with E-state index in [4.69, 9.17) is 21.1 Å². The topological polar surface area (TPSA) is 88.2 Å². The maximum absolute atomic E-state index is 13.6. The lowest BCUT2D eigenvalue weighted by Gasteiger charge is -2.15. The van der Waals surface area contributed by atoms with Gasteiger partial charge in [0.25, 0.3) is 5.56 Å². The van der Waals surface area contributed by atoms with E-state index >= 15 is 0 Å². The number of aromatic nitrogens is 4. The number of hydrogen-bond donors (Lipinski definition) is 0. The van der Waals surface area contributed by atoms with Crippen molar-refractivity contribution in [2.75, 3.05) is 13.7 Å². The summed E-state index contributed by atoms with van der Waals surface area (Å²) in [5, 5.41) is 0.412. The van der Waals surface area contributed by atoms with Gasteiger partial charge in [-0.25, -0.2) is 14.3 Å². The number of halogens is 1. The summed E-state index contributed by atoms with van der Waals surface area (Å²) in [5.41, 5.74) is 0.392. The van der Waals surface area contributed by atoms with Gasteiger partial charge in [0.05, 0.1) is 42.4 Å². The van der Waals surface area contributed by atoms with Crippen LogP contribution in [-0.4, -0.2) is 32.8 Å². The van der Waals surface area contributed by atoms with E-state index in [-0.39, 0.29) is 11.4 Å². The van der Waals surface area contributed by atoms with E-state index in [2.05, 4.69) is 9.97 Å². The average Bonchev–Trinajstić information content (AvgIpc) is 3.68. The second kappa shape index (κ2) is 9.15. The molecule has 0 saturated heterocycles. The molecule has 5 rings (SSSR count). The summed E-state index contributed by atoms with van der Waals surface area (Å²) >= 11 is 6.37. The molecular formula is C25H21ClN4O4. The van der Waals surface area contributed by atoms with E-state index in [1.54, 1.807) is 54.9 Å². The molecule has 0 atom stereocenters. The number of ether oxygens (including phenoxy) is 2. The SMILES string of the molecule is COc1ncccc1-c1cn(-c2cc(Cl)cc(OCC3CC3)c2)c(=O)n(-c2cccnc2)c1=O. The molecule has 0 unspecified atom stereocenters. The lowest BCUT2D eigenvalue weighted by molar-refractivity contribution is 0.299. The second-order valence-electron chi connectivity index (χ2n) is 8.01. The summed E-state index contributed by atoms with van der Waals surface area (Å²) < 4.78 is 13.7. The van der Waals surface area contributed by atoms with Crippen molar-refractivity contribution < 1.29 is 9.47 Å². The van der Waals surface area contributed by atoms with Crippen LogP contribution in [0.15, 0.2) is 76.8 Å². The summed E-state index contributed by atoms with van der Waals surface area (Å²) in [6.07, 6.45) is 8.38. The Labute approximate surface area is 200 Å². The molecule has 0 amide bonds. The minimum absolute atomic E-state index is 0.230. The van der Waals surface area contributed by atoms with Gasteiger partial charge in [-0.15, -0.1) is 0 Å². The molecular weight excluding hydrogens is 456 g/mol. The molecule has 0 aliphatic heterocycles. The molecule has 4 aromatic rings. The fraction of sp³-hybridized carbons (Fsp3) is 0.200. The molecule has 34 heavy (non-hydrogen) atoms. The third-order valence-corrected chi connectivity index (χ3v) is 5.78. The Balaban J connectivity index is 1.75. The molecule has 0 N–H and O–H groups in total. The first kappa shape index (κ1) is 21.9. The van der Waals surface area contributed by atoms with Crippen molar-refractivity contribution in [1.29, 1.82) is 0 Å². The molecule has 172 valence electrons. The number of hydrogen-bond acceptors (Lipinski definition) is 6. The fourth-order valence-corrected chi connectivity index (χ4v) is 3.88. The average molecular weight is 477 g/mol. The molecule has 1 aliphatic carbocycles. The highest BCUT2D eigenvalue weighted by molar-refractivity contribution is 6.30. The zero-order valence-corrected chi connectivity index (χ0v) is 19.1. The molecule has 3 aromatic heterocycles. The van der Waals surface area contributed by atoms with Crippen LogP contribution < -0.4 is 20.7 Å². The number of nitrogens with zero attached hydrogens (tertiary/aromatic N) is 4. The van der Waals surface area contributed by atoms with E-state index in [0.29, 0.717) is 40.2 Å². The molecule has 9 heteroatoms. The first-order valence-corrected chi connectivity index (χ1v) is 11.1. The van der Waals surface area contributed by atoms with Crippen molar-refractivity contribution in [2.24, 2.45) is 5.92 Å². The summed E-state index contributed by atoms with van der Waals surface area (Å²) in [4.78, 5) is 35.4. The zero-order valence-electron chi connectivity index (χ0n) is 18.3. The van der Waals surface area contributed by atoms with Crippen molar-refractivity contribution in [3.8, 4) is 34.1 Å². The molecule has 3 heterocycles. The monoisotopic (exact) mass is 476 g/mol. The van der Waals surface area contributed by atoms with Crippen LogP contribution in [-0.2, 0) is 0 Å². The van der Waals surface area contributed by atoms with Crippen molar-refractivity contribution >= 4 is 11.6 Å². The van der Waals surface area contributed by atoms with Gasteiger partial charge in [-0.1, -0.05) is 11.6 Å². The normalized spacial score (nSPS) is 13.0. The summed E-state index contributed by atoms with van der Waals surface area (Å²) in [7, 11) is 1.47. The van der Waals surface area contributed by atoms with Crippen LogP contribution in [0.2, 0.25) is 5.02 Å². The minimum Gasteiger partial charge on any atom is -0.493 e. The number of pyridine rings is 2. The Morgan fingerprint density at radius 1 is 1.06 bits per heavy atom. The van der Waals surface area contributed by atoms with Gasteiger partial charge in [0.1, 0.15) is 5.75 Å². The highest BCUT2D eigenvalue weighted by atomic mass is 35.5. The predicted octanol–water partition coefficient (Wildman–Crippen LogP) is 3.90. The molecule has 1 aromatic carbocycles. The van der Waals surface area contributed by atoms with Crippen molar-refractivity contribution in [1.82, 2.24) is 19.1 Å². The molecule has 0 bridgehead atoms. The van der Waals surface area contributed by atoms with Gasteiger partial charge >= 0.3 is 5.69 Å². The Bertz CT molecular complexity index is 1460. The highest BCUT2D eigenvalue weighted by Crippen LogP contribution is 2.31. The number of benzene rings is 1. The first-order valence-electron chi connectivity index (χ1n) is 10.8. The van der Waals surface area contributed by atoms with E-state index in [1.165, 1.54) is 24.1 Å². The fourth-order valence-electron chi connectivity index (χ4n) is 3.67. The highest BCUT2D eigenvalue weighted by Gasteiger charge is 2.23. The standard InChI is InChI=1S/C25H21ClN4O4/c1-33-23-21(5-3-9-28-23)22-14-29(25(32)30(24(22)31)18-4-2-8-27-13-18)19-10-17(26)11-20(12-19)34-15-16-6-7-16/h2-5,8-14,16H,6-7,15H2,1H3. The Hall–Kier alpha value is -3.91. The maximum atomic E-state index is 13.6. The predicted molar refractivity (Wildman–Crippen MR) is 128 cm³/mol. The van der Waals surface area contributed by atoms with Gasteiger partial charge in [0, 0.05) is 29.7 Å². The second-order valence-corrected chi connectivity index (χ2v) is 8.44. The van der Waals surface area contributed by atoms with Gasteiger partial charge in [0.2, 0.25) is 5.88 Å². The van der Waals surface area contributed by atoms with Crippen molar-refractivity contribution in [2.45, 2.75) is 12.8 Å². The van der Waals surface area contributed by atoms with Crippen LogP contribution in [0.3, 0.4) is 0 Å². The number of rotatable bonds is 7. The van der Waals surface area contributed by atoms with E-state index in [9.17, 15) is 9.59 Å². The van der Waals surface area contributed by atoms with Gasteiger partial charge in [-0.3, -0.25) is 14.3 Å². The molecule has 0 radical (unpaired) electrons. The largest absolute Gasteiger partial charge is 0.493 e. The smallest absolute Gasteiger partial charge is 0.340 e. The van der Waals surface area contributed by atoms with Gasteiger partial charge in [-0.05, 0) is 55.2 Å². The van der Waals surface area contributed by atoms with Crippen LogP contribution in [0.4, 0.5) is 0 Å². The zero-order chi connectivity index (χ0) is 23.7. The molecule has 1 fully saturated rings. The maximum Gasteiger partial charge on any atom is 0.340 e. The van der Waals surface area contributed by atoms with Crippen molar-refractivity contribution in [3.63, 3.8) is 0 Å². The van der Waals surface area contributed by atoms with Gasteiger partial charge in [-0.2, -0.15) is 0 Å². The number of methoxy groups -OCH3 is 1. The van der Waals surface area contributed by atoms with E-state index in [1.807, 2.05) is 0 Å². The quantitative estimate of drug-likeness (QED) is 0.402. The van der Waals surface area contributed by atoms with E-state index in [0.717, 1.165) is 17.4 Å². The molecule has 1 aliphatic rings. The first-order chi connectivity index (χ1) is 16.5. The molecule has 8 nitrogen and oxygen atoms in total. The molecule has 0 spiro atoms. The lowest BCUT2D eigenvalue weighted by atomic mass is 10.1. The minimum atomic E-state index is -0.569. The van der Waals surface area contributed by atoms with Crippen molar-refractivity contribution in [3.05, 3.63) is 93.1 Å². The van der Waals surface area contributed by atoms with Crippen LogP contribution >= 0.6 is 11.6 Å². The summed E-state index contributed by atoms with van der Waals surface area (Å²) in [6.45, 7) is 0.599. The Morgan fingerprint density at radius 3 is 2.62 bits per heavy atom. The Kier molecular flexibility index (Phi) is 5.90. The molecule has 1 saturated carbocycles.